The molecule has 0 aliphatic rings. The topological polar surface area (TPSA) is 72.8 Å². The number of hydrazone groups is 1. The Kier molecular flexibility index (Phi) is 8.75. The molecule has 0 bridgehead atoms. The number of benzene rings is 2. The number of halogens is 4. The van der Waals surface area contributed by atoms with Gasteiger partial charge in [0.15, 0.2) is 11.5 Å². The first kappa shape index (κ1) is 24.3. The van der Waals surface area contributed by atoms with Crippen LogP contribution in [0.5, 0.6) is 11.5 Å². The molecular formula is C22H17BrCl3N3O3. The Morgan fingerprint density at radius 3 is 2.66 bits per heavy atom. The van der Waals surface area contributed by atoms with Crippen LogP contribution in [0, 0.1) is 0 Å². The molecular weight excluding hydrogens is 541 g/mol. The number of carbonyl (C=O) groups excluding carboxylic acids is 1. The highest BCUT2D eigenvalue weighted by Crippen LogP contribution is 2.34. The molecule has 0 atom stereocenters. The van der Waals surface area contributed by atoms with Crippen molar-refractivity contribution < 1.29 is 14.3 Å². The fourth-order valence-electron chi connectivity index (χ4n) is 2.60. The van der Waals surface area contributed by atoms with Crippen molar-refractivity contribution in [1.82, 2.24) is 10.4 Å². The first-order valence-electron chi connectivity index (χ1n) is 9.36. The summed E-state index contributed by atoms with van der Waals surface area (Å²) in [7, 11) is 0. The molecule has 0 fully saturated rings. The number of pyridine rings is 1. The number of amides is 1. The van der Waals surface area contributed by atoms with Crippen LogP contribution in [0.1, 0.15) is 28.4 Å². The molecule has 0 unspecified atom stereocenters. The van der Waals surface area contributed by atoms with E-state index in [1.807, 2.05) is 6.92 Å². The van der Waals surface area contributed by atoms with Gasteiger partial charge in [0.05, 0.1) is 18.4 Å². The van der Waals surface area contributed by atoms with Gasteiger partial charge in [0.1, 0.15) is 11.8 Å². The van der Waals surface area contributed by atoms with Gasteiger partial charge in [-0.25, -0.2) is 10.4 Å². The van der Waals surface area contributed by atoms with E-state index in [1.54, 1.807) is 42.5 Å². The molecule has 0 aliphatic heterocycles. The Labute approximate surface area is 208 Å². The van der Waals surface area contributed by atoms with E-state index < -0.39 is 5.91 Å². The van der Waals surface area contributed by atoms with Crippen LogP contribution in [-0.2, 0) is 6.61 Å². The van der Waals surface area contributed by atoms with Gasteiger partial charge < -0.3 is 9.47 Å². The molecule has 3 aromatic rings. The lowest BCUT2D eigenvalue weighted by molar-refractivity contribution is 0.0955. The molecule has 6 nitrogen and oxygen atoms in total. The second-order valence-corrected chi connectivity index (χ2v) is 8.37. The van der Waals surface area contributed by atoms with Crippen molar-refractivity contribution >= 4 is 62.9 Å². The van der Waals surface area contributed by atoms with Crippen LogP contribution in [0.4, 0.5) is 0 Å². The van der Waals surface area contributed by atoms with E-state index in [0.29, 0.717) is 38.2 Å². The third-order valence-corrected chi connectivity index (χ3v) is 5.71. The number of rotatable bonds is 8. The van der Waals surface area contributed by atoms with E-state index >= 15 is 0 Å². The second kappa shape index (κ2) is 11.5. The summed E-state index contributed by atoms with van der Waals surface area (Å²) in [5.41, 5.74) is 4.11. The van der Waals surface area contributed by atoms with Crippen LogP contribution in [0.2, 0.25) is 15.2 Å². The van der Waals surface area contributed by atoms with E-state index in [1.165, 1.54) is 12.4 Å². The summed E-state index contributed by atoms with van der Waals surface area (Å²) in [6, 6.07) is 11.9. The number of nitrogens with one attached hydrogen (secondary N) is 1. The van der Waals surface area contributed by atoms with Gasteiger partial charge in [0.2, 0.25) is 0 Å². The molecule has 0 saturated heterocycles. The minimum Gasteiger partial charge on any atom is -0.490 e. The number of hydrogen-bond acceptors (Lipinski definition) is 5. The van der Waals surface area contributed by atoms with Crippen molar-refractivity contribution in [3.63, 3.8) is 0 Å². The van der Waals surface area contributed by atoms with Gasteiger partial charge in [-0.05, 0) is 59.3 Å². The molecule has 10 heteroatoms. The summed E-state index contributed by atoms with van der Waals surface area (Å²) < 4.78 is 12.3. The van der Waals surface area contributed by atoms with Crippen LogP contribution >= 0.6 is 50.7 Å². The quantitative estimate of drug-likeness (QED) is 0.194. The maximum atomic E-state index is 12.2. The van der Waals surface area contributed by atoms with Crippen molar-refractivity contribution in [2.45, 2.75) is 13.5 Å². The maximum absolute atomic E-state index is 12.2. The van der Waals surface area contributed by atoms with Crippen LogP contribution < -0.4 is 14.9 Å². The van der Waals surface area contributed by atoms with E-state index in [4.69, 9.17) is 44.3 Å². The van der Waals surface area contributed by atoms with Gasteiger partial charge in [-0.3, -0.25) is 4.79 Å². The zero-order chi connectivity index (χ0) is 23.1. The number of carbonyl (C=O) groups is 1. The molecule has 32 heavy (non-hydrogen) atoms. The van der Waals surface area contributed by atoms with E-state index in [-0.39, 0.29) is 17.3 Å². The highest BCUT2D eigenvalue weighted by atomic mass is 79.9. The number of ether oxygens (including phenoxy) is 2. The predicted molar refractivity (Wildman–Crippen MR) is 130 cm³/mol. The van der Waals surface area contributed by atoms with Crippen molar-refractivity contribution in [1.29, 1.82) is 0 Å². The van der Waals surface area contributed by atoms with Gasteiger partial charge in [0, 0.05) is 31.8 Å². The average Bonchev–Trinajstić information content (AvgIpc) is 2.76. The van der Waals surface area contributed by atoms with Gasteiger partial charge in [-0.2, -0.15) is 5.10 Å². The lowest BCUT2D eigenvalue weighted by atomic mass is 10.2. The van der Waals surface area contributed by atoms with Crippen LogP contribution in [-0.4, -0.2) is 23.7 Å². The summed E-state index contributed by atoms with van der Waals surface area (Å²) in [6.45, 7) is 2.54. The zero-order valence-electron chi connectivity index (χ0n) is 16.7. The fourth-order valence-corrected chi connectivity index (χ4v) is 3.69. The third-order valence-electron chi connectivity index (χ3n) is 4.13. The highest BCUT2D eigenvalue weighted by Gasteiger charge is 2.13. The molecule has 0 spiro atoms. The normalized spacial score (nSPS) is 10.9. The monoisotopic (exact) mass is 555 g/mol. The first-order chi connectivity index (χ1) is 15.4. The SMILES string of the molecule is CCOc1cc(C=NNC(=O)c2cccnc2Cl)c(Br)cc1OCc1ccc(Cl)cc1Cl. The van der Waals surface area contributed by atoms with Crippen molar-refractivity contribution in [2.24, 2.45) is 5.10 Å². The summed E-state index contributed by atoms with van der Waals surface area (Å²) in [5.74, 6) is 0.567. The Balaban J connectivity index is 1.75. The van der Waals surface area contributed by atoms with E-state index in [2.05, 4.69) is 31.4 Å². The Morgan fingerprint density at radius 1 is 1.16 bits per heavy atom. The zero-order valence-corrected chi connectivity index (χ0v) is 20.6. The molecule has 166 valence electrons. The molecule has 1 aromatic heterocycles. The summed E-state index contributed by atoms with van der Waals surface area (Å²) in [5, 5.41) is 5.17. The van der Waals surface area contributed by atoms with Crippen LogP contribution in [0.3, 0.4) is 0 Å². The fraction of sp³-hybridized carbons (Fsp3) is 0.136. The standard InChI is InChI=1S/C22H17BrCl3N3O3/c1-2-31-19-8-14(11-28-29-22(30)16-4-3-7-27-21(16)26)17(23)10-20(19)32-12-13-5-6-15(24)9-18(13)25/h3-11H,2,12H2,1H3,(H,29,30). The largest absolute Gasteiger partial charge is 0.490 e. The Hall–Kier alpha value is -2.32. The van der Waals surface area contributed by atoms with Crippen molar-refractivity contribution in [3.05, 3.63) is 85.0 Å². The molecule has 1 amide bonds. The highest BCUT2D eigenvalue weighted by molar-refractivity contribution is 9.10. The minimum atomic E-state index is -0.472. The molecule has 0 radical (unpaired) electrons. The molecule has 0 aliphatic carbocycles. The summed E-state index contributed by atoms with van der Waals surface area (Å²) in [4.78, 5) is 16.1. The van der Waals surface area contributed by atoms with Gasteiger partial charge in [0.25, 0.3) is 5.91 Å². The van der Waals surface area contributed by atoms with Crippen molar-refractivity contribution in [3.8, 4) is 11.5 Å². The molecule has 0 saturated carbocycles. The number of nitrogens with zero attached hydrogens (tertiary/aromatic N) is 2. The van der Waals surface area contributed by atoms with Gasteiger partial charge in [-0.1, -0.05) is 40.9 Å². The van der Waals surface area contributed by atoms with E-state index in [9.17, 15) is 4.79 Å². The number of hydrogen-bond donors (Lipinski definition) is 1. The number of aromatic nitrogens is 1. The third kappa shape index (κ3) is 6.36. The maximum Gasteiger partial charge on any atom is 0.274 e. The Bertz CT molecular complexity index is 1160. The van der Waals surface area contributed by atoms with Crippen molar-refractivity contribution in [2.75, 3.05) is 6.61 Å². The molecule has 1 N–H and O–H groups in total. The van der Waals surface area contributed by atoms with E-state index in [0.717, 1.165) is 5.56 Å². The van der Waals surface area contributed by atoms with Gasteiger partial charge in [-0.15, -0.1) is 0 Å². The average molecular weight is 558 g/mol. The second-order valence-electron chi connectivity index (χ2n) is 6.32. The molecule has 3 rings (SSSR count). The predicted octanol–water partition coefficient (Wildman–Crippen LogP) is 6.55. The summed E-state index contributed by atoms with van der Waals surface area (Å²) in [6.07, 6.45) is 2.98. The molecule has 1 heterocycles. The smallest absolute Gasteiger partial charge is 0.274 e. The Morgan fingerprint density at radius 2 is 1.94 bits per heavy atom. The summed E-state index contributed by atoms with van der Waals surface area (Å²) >= 11 is 21.6. The minimum absolute atomic E-state index is 0.0994. The first-order valence-corrected chi connectivity index (χ1v) is 11.3. The van der Waals surface area contributed by atoms with Crippen LogP contribution in [0.25, 0.3) is 0 Å². The van der Waals surface area contributed by atoms with Gasteiger partial charge >= 0.3 is 0 Å². The van der Waals surface area contributed by atoms with Crippen LogP contribution in [0.15, 0.2) is 58.2 Å². The lowest BCUT2D eigenvalue weighted by Crippen LogP contribution is -2.18. The molecule has 2 aromatic carbocycles. The lowest BCUT2D eigenvalue weighted by Gasteiger charge is -2.14.